The van der Waals surface area contributed by atoms with Crippen LogP contribution in [0.1, 0.15) is 35.6 Å². The minimum absolute atomic E-state index is 0.414. The first-order valence-electron chi connectivity index (χ1n) is 8.92. The summed E-state index contributed by atoms with van der Waals surface area (Å²) in [5.74, 6) is 1.94. The van der Waals surface area contributed by atoms with E-state index in [1.807, 2.05) is 25.1 Å². The first-order valence-corrected chi connectivity index (χ1v) is 8.92. The van der Waals surface area contributed by atoms with Crippen molar-refractivity contribution in [3.63, 3.8) is 0 Å². The second kappa shape index (κ2) is 7.79. The van der Waals surface area contributed by atoms with Crippen LogP contribution in [0.5, 0.6) is 17.2 Å². The number of phenolic OH excluding ortho intramolecular Hbond substituents is 1. The van der Waals surface area contributed by atoms with Gasteiger partial charge in [0.1, 0.15) is 5.75 Å². The summed E-state index contributed by atoms with van der Waals surface area (Å²) in [6.45, 7) is 4.07. The van der Waals surface area contributed by atoms with Crippen molar-refractivity contribution < 1.29 is 14.6 Å². The average Bonchev–Trinajstić information content (AvgIpc) is 3.03. The summed E-state index contributed by atoms with van der Waals surface area (Å²) >= 11 is 0. The fourth-order valence-electron chi connectivity index (χ4n) is 3.53. The molecule has 0 heterocycles. The highest BCUT2D eigenvalue weighted by molar-refractivity contribution is 5.44. The van der Waals surface area contributed by atoms with Gasteiger partial charge in [0.15, 0.2) is 11.5 Å². The fourth-order valence-corrected chi connectivity index (χ4v) is 3.53. The molecule has 0 amide bonds. The summed E-state index contributed by atoms with van der Waals surface area (Å²) in [6, 6.07) is 10.2. The van der Waals surface area contributed by atoms with Crippen LogP contribution in [0, 0.1) is 0 Å². The van der Waals surface area contributed by atoms with E-state index in [1.165, 1.54) is 17.5 Å². The quantitative estimate of drug-likeness (QED) is 0.829. The molecule has 0 unspecified atom stereocenters. The van der Waals surface area contributed by atoms with E-state index in [0.717, 1.165) is 42.0 Å². The Morgan fingerprint density at radius 3 is 2.52 bits per heavy atom. The van der Waals surface area contributed by atoms with Gasteiger partial charge in [-0.15, -0.1) is 0 Å². The van der Waals surface area contributed by atoms with Crippen molar-refractivity contribution in [3.8, 4) is 17.2 Å². The van der Waals surface area contributed by atoms with Gasteiger partial charge >= 0.3 is 0 Å². The lowest BCUT2D eigenvalue weighted by Gasteiger charge is -2.19. The predicted molar refractivity (Wildman–Crippen MR) is 99.5 cm³/mol. The number of hydrogen-bond acceptors (Lipinski definition) is 4. The zero-order valence-corrected chi connectivity index (χ0v) is 15.3. The van der Waals surface area contributed by atoms with Crippen molar-refractivity contribution in [3.05, 3.63) is 52.6 Å². The van der Waals surface area contributed by atoms with Crippen molar-refractivity contribution >= 4 is 0 Å². The van der Waals surface area contributed by atoms with Gasteiger partial charge in [-0.1, -0.05) is 12.1 Å². The topological polar surface area (TPSA) is 41.9 Å². The van der Waals surface area contributed by atoms with Crippen LogP contribution in [0.25, 0.3) is 0 Å². The molecule has 2 aromatic carbocycles. The molecule has 1 aliphatic rings. The molecule has 0 saturated carbocycles. The van der Waals surface area contributed by atoms with E-state index in [9.17, 15) is 5.11 Å². The average molecular weight is 341 g/mol. The van der Waals surface area contributed by atoms with Gasteiger partial charge in [-0.2, -0.15) is 0 Å². The van der Waals surface area contributed by atoms with E-state index in [1.54, 1.807) is 7.11 Å². The van der Waals surface area contributed by atoms with Crippen LogP contribution in [-0.4, -0.2) is 30.8 Å². The molecule has 1 N–H and O–H groups in total. The molecule has 0 fully saturated rings. The number of fused-ring (bicyclic) bond motifs is 1. The van der Waals surface area contributed by atoms with Gasteiger partial charge in [0.25, 0.3) is 0 Å². The summed E-state index contributed by atoms with van der Waals surface area (Å²) < 4.78 is 11.0. The molecule has 0 atom stereocenters. The number of ether oxygens (including phenoxy) is 2. The largest absolute Gasteiger partial charge is 0.508 e. The Balaban J connectivity index is 1.69. The van der Waals surface area contributed by atoms with Crippen LogP contribution in [0.15, 0.2) is 30.3 Å². The van der Waals surface area contributed by atoms with Crippen LogP contribution < -0.4 is 9.47 Å². The van der Waals surface area contributed by atoms with Crippen LogP contribution in [0.4, 0.5) is 0 Å². The molecular formula is C21H27NO3. The number of aryl methyl sites for hydroxylation is 2. The second-order valence-corrected chi connectivity index (χ2v) is 6.69. The van der Waals surface area contributed by atoms with E-state index in [2.05, 4.69) is 24.1 Å². The van der Waals surface area contributed by atoms with Crippen molar-refractivity contribution in [1.29, 1.82) is 0 Å². The lowest BCUT2D eigenvalue weighted by molar-refractivity contribution is 0.303. The Morgan fingerprint density at radius 2 is 1.80 bits per heavy atom. The zero-order valence-electron chi connectivity index (χ0n) is 15.3. The summed E-state index contributed by atoms with van der Waals surface area (Å²) in [5, 5.41) is 10.3. The molecule has 4 nitrogen and oxygen atoms in total. The fraction of sp³-hybridized carbons (Fsp3) is 0.429. The molecule has 0 aliphatic heterocycles. The molecule has 1 aliphatic carbocycles. The van der Waals surface area contributed by atoms with E-state index in [-0.39, 0.29) is 0 Å². The van der Waals surface area contributed by atoms with Crippen molar-refractivity contribution in [2.45, 2.75) is 39.3 Å². The number of methoxy groups -OCH3 is 1. The van der Waals surface area contributed by atoms with Crippen molar-refractivity contribution in [2.24, 2.45) is 0 Å². The highest BCUT2D eigenvalue weighted by atomic mass is 16.5. The Kier molecular flexibility index (Phi) is 5.49. The Hall–Kier alpha value is -2.20. The summed E-state index contributed by atoms with van der Waals surface area (Å²) in [4.78, 5) is 2.20. The maximum Gasteiger partial charge on any atom is 0.161 e. The van der Waals surface area contributed by atoms with Crippen molar-refractivity contribution in [2.75, 3.05) is 20.8 Å². The molecule has 3 rings (SSSR count). The Labute approximate surface area is 150 Å². The molecular weight excluding hydrogens is 314 g/mol. The molecule has 0 radical (unpaired) electrons. The highest BCUT2D eigenvalue weighted by Crippen LogP contribution is 2.31. The minimum Gasteiger partial charge on any atom is -0.508 e. The normalized spacial score (nSPS) is 13.1. The predicted octanol–water partition coefficient (Wildman–Crippen LogP) is 3.92. The SMILES string of the molecule is CCOc1ccc(CN(C)Cc2cc3c(cc2O)CCC3)cc1OC. The number of benzene rings is 2. The number of hydrogen-bond donors (Lipinski definition) is 1. The molecule has 2 aromatic rings. The number of aromatic hydroxyl groups is 1. The number of phenols is 1. The van der Waals surface area contributed by atoms with E-state index in [4.69, 9.17) is 9.47 Å². The first-order chi connectivity index (χ1) is 12.1. The summed E-state index contributed by atoms with van der Waals surface area (Å²) in [5.41, 5.74) is 4.86. The number of rotatable bonds is 7. The molecule has 0 aromatic heterocycles. The van der Waals surface area contributed by atoms with Gasteiger partial charge < -0.3 is 14.6 Å². The van der Waals surface area contributed by atoms with Gasteiger partial charge in [-0.3, -0.25) is 4.90 Å². The summed E-state index contributed by atoms with van der Waals surface area (Å²) in [6.07, 6.45) is 3.41. The highest BCUT2D eigenvalue weighted by Gasteiger charge is 2.15. The molecule has 25 heavy (non-hydrogen) atoms. The van der Waals surface area contributed by atoms with Crippen LogP contribution >= 0.6 is 0 Å². The maximum atomic E-state index is 10.3. The van der Waals surface area contributed by atoms with Crippen LogP contribution in [-0.2, 0) is 25.9 Å². The monoisotopic (exact) mass is 341 g/mol. The Bertz CT molecular complexity index is 742. The smallest absolute Gasteiger partial charge is 0.161 e. The van der Waals surface area contributed by atoms with Crippen LogP contribution in [0.2, 0.25) is 0 Å². The van der Waals surface area contributed by atoms with Gasteiger partial charge in [0.2, 0.25) is 0 Å². The minimum atomic E-state index is 0.414. The Morgan fingerprint density at radius 1 is 1.04 bits per heavy atom. The number of nitrogens with zero attached hydrogens (tertiary/aromatic N) is 1. The van der Waals surface area contributed by atoms with Gasteiger partial charge in [-0.25, -0.2) is 0 Å². The van der Waals surface area contributed by atoms with Gasteiger partial charge in [0, 0.05) is 18.7 Å². The molecule has 0 spiro atoms. The first kappa shape index (κ1) is 17.6. The molecule has 0 bridgehead atoms. The van der Waals surface area contributed by atoms with Crippen LogP contribution in [0.3, 0.4) is 0 Å². The maximum absolute atomic E-state index is 10.3. The van der Waals surface area contributed by atoms with Gasteiger partial charge in [-0.05, 0) is 68.1 Å². The van der Waals surface area contributed by atoms with Crippen molar-refractivity contribution in [1.82, 2.24) is 4.90 Å². The third-order valence-electron chi connectivity index (χ3n) is 4.71. The zero-order chi connectivity index (χ0) is 17.8. The van der Waals surface area contributed by atoms with E-state index >= 15 is 0 Å². The lowest BCUT2D eigenvalue weighted by Crippen LogP contribution is -2.17. The van der Waals surface area contributed by atoms with Gasteiger partial charge in [0.05, 0.1) is 13.7 Å². The second-order valence-electron chi connectivity index (χ2n) is 6.69. The summed E-state index contributed by atoms with van der Waals surface area (Å²) in [7, 11) is 3.73. The standard InChI is InChI=1S/C21H27NO3/c1-4-25-20-9-8-15(10-21(20)24-3)13-22(2)14-18-11-16-6-5-7-17(16)12-19(18)23/h8-12,23H,4-7,13-14H2,1-3H3. The van der Waals surface area contributed by atoms with E-state index in [0.29, 0.717) is 18.9 Å². The third kappa shape index (κ3) is 4.07. The lowest BCUT2D eigenvalue weighted by atomic mass is 10.0. The molecule has 4 heteroatoms. The molecule has 134 valence electrons. The van der Waals surface area contributed by atoms with E-state index < -0.39 is 0 Å². The molecule has 0 saturated heterocycles. The third-order valence-corrected chi connectivity index (χ3v) is 4.71.